The molecular formula is C19H16O4. The summed E-state index contributed by atoms with van der Waals surface area (Å²) < 4.78 is 11.0. The number of ketones is 2. The third-order valence-electron chi connectivity index (χ3n) is 3.74. The highest BCUT2D eigenvalue weighted by Gasteiger charge is 2.32. The molecule has 0 saturated carbocycles. The third-order valence-corrected chi connectivity index (χ3v) is 3.74. The lowest BCUT2D eigenvalue weighted by Crippen LogP contribution is -2.14. The number of rotatable bonds is 5. The van der Waals surface area contributed by atoms with Gasteiger partial charge in [-0.25, -0.2) is 0 Å². The van der Waals surface area contributed by atoms with Crippen LogP contribution in [0.4, 0.5) is 0 Å². The number of allylic oxidation sites excluding steroid dienone is 2. The highest BCUT2D eigenvalue weighted by molar-refractivity contribution is 6.22. The molecule has 0 radical (unpaired) electrons. The van der Waals surface area contributed by atoms with Crippen LogP contribution in [-0.4, -0.2) is 18.7 Å². The Hall–Kier alpha value is -2.88. The van der Waals surface area contributed by atoms with E-state index < -0.39 is 5.92 Å². The van der Waals surface area contributed by atoms with Gasteiger partial charge in [-0.15, -0.1) is 0 Å². The van der Waals surface area contributed by atoms with Crippen LogP contribution < -0.4 is 9.47 Å². The largest absolute Gasteiger partial charge is 0.496 e. The topological polar surface area (TPSA) is 52.6 Å². The molecule has 2 aromatic rings. The van der Waals surface area contributed by atoms with E-state index in [1.807, 2.05) is 30.3 Å². The second kappa shape index (κ2) is 6.48. The predicted molar refractivity (Wildman–Crippen MR) is 85.7 cm³/mol. The maximum absolute atomic E-state index is 11.9. The van der Waals surface area contributed by atoms with E-state index in [2.05, 4.69) is 0 Å². The van der Waals surface area contributed by atoms with Crippen molar-refractivity contribution in [3.05, 3.63) is 71.8 Å². The summed E-state index contributed by atoms with van der Waals surface area (Å²) in [5, 5.41) is 0. The van der Waals surface area contributed by atoms with Crippen LogP contribution in [0.1, 0.15) is 17.0 Å². The first-order valence-corrected chi connectivity index (χ1v) is 7.29. The van der Waals surface area contributed by atoms with Crippen molar-refractivity contribution in [1.82, 2.24) is 0 Å². The van der Waals surface area contributed by atoms with Gasteiger partial charge < -0.3 is 9.47 Å². The molecular weight excluding hydrogens is 292 g/mol. The molecule has 1 aliphatic carbocycles. The first kappa shape index (κ1) is 15.0. The van der Waals surface area contributed by atoms with Crippen molar-refractivity contribution in [2.24, 2.45) is 0 Å². The SMILES string of the molecule is COc1ccc(OCc2ccccc2)cc1C1C(=O)C=CC1=O. The van der Waals surface area contributed by atoms with Gasteiger partial charge >= 0.3 is 0 Å². The van der Waals surface area contributed by atoms with Crippen LogP contribution in [0, 0.1) is 0 Å². The Labute approximate surface area is 134 Å². The zero-order chi connectivity index (χ0) is 16.2. The maximum Gasteiger partial charge on any atom is 0.171 e. The Morgan fingerprint density at radius 1 is 0.957 bits per heavy atom. The van der Waals surface area contributed by atoms with Crippen LogP contribution >= 0.6 is 0 Å². The second-order valence-corrected chi connectivity index (χ2v) is 5.25. The molecule has 0 spiro atoms. The van der Waals surface area contributed by atoms with Gasteiger partial charge in [0.15, 0.2) is 11.6 Å². The van der Waals surface area contributed by atoms with Crippen LogP contribution in [0.5, 0.6) is 11.5 Å². The average molecular weight is 308 g/mol. The van der Waals surface area contributed by atoms with Crippen LogP contribution in [-0.2, 0) is 16.2 Å². The first-order chi connectivity index (χ1) is 11.2. The molecule has 0 amide bonds. The van der Waals surface area contributed by atoms with Gasteiger partial charge in [-0.3, -0.25) is 9.59 Å². The molecule has 0 fully saturated rings. The van der Waals surface area contributed by atoms with Crippen molar-refractivity contribution in [2.75, 3.05) is 7.11 Å². The number of methoxy groups -OCH3 is 1. The van der Waals surface area contributed by atoms with Crippen LogP contribution in [0.25, 0.3) is 0 Å². The lowest BCUT2D eigenvalue weighted by atomic mass is 9.94. The van der Waals surface area contributed by atoms with Gasteiger partial charge in [-0.2, -0.15) is 0 Å². The molecule has 0 N–H and O–H groups in total. The standard InChI is InChI=1S/C19H16O4/c1-22-18-10-7-14(23-12-13-5-3-2-4-6-13)11-15(18)19-16(20)8-9-17(19)21/h2-11,19H,12H2,1H3. The summed E-state index contributed by atoms with van der Waals surface area (Å²) in [6.45, 7) is 0.414. The Kier molecular flexibility index (Phi) is 4.24. The summed E-state index contributed by atoms with van der Waals surface area (Å²) in [6, 6.07) is 15.0. The molecule has 116 valence electrons. The normalized spacial score (nSPS) is 14.3. The van der Waals surface area contributed by atoms with Crippen molar-refractivity contribution < 1.29 is 19.1 Å². The van der Waals surface area contributed by atoms with E-state index in [0.717, 1.165) is 5.56 Å². The average Bonchev–Trinajstić information content (AvgIpc) is 2.92. The molecule has 3 rings (SSSR count). The molecule has 4 nitrogen and oxygen atoms in total. The lowest BCUT2D eigenvalue weighted by molar-refractivity contribution is -0.122. The summed E-state index contributed by atoms with van der Waals surface area (Å²) in [6.07, 6.45) is 2.62. The van der Waals surface area contributed by atoms with Gasteiger partial charge in [0.1, 0.15) is 24.0 Å². The smallest absolute Gasteiger partial charge is 0.171 e. The lowest BCUT2D eigenvalue weighted by Gasteiger charge is -2.15. The highest BCUT2D eigenvalue weighted by Crippen LogP contribution is 2.34. The number of carbonyl (C=O) groups is 2. The molecule has 0 saturated heterocycles. The number of benzene rings is 2. The number of hydrogen-bond donors (Lipinski definition) is 0. The molecule has 0 heterocycles. The van der Waals surface area contributed by atoms with Gasteiger partial charge in [0.25, 0.3) is 0 Å². The van der Waals surface area contributed by atoms with Gasteiger partial charge in [0.2, 0.25) is 0 Å². The van der Waals surface area contributed by atoms with E-state index >= 15 is 0 Å². The van der Waals surface area contributed by atoms with Gasteiger partial charge in [-0.1, -0.05) is 30.3 Å². The first-order valence-electron chi connectivity index (χ1n) is 7.29. The zero-order valence-electron chi connectivity index (χ0n) is 12.7. The van der Waals surface area contributed by atoms with Gasteiger partial charge in [-0.05, 0) is 35.9 Å². The number of hydrogen-bond acceptors (Lipinski definition) is 4. The minimum atomic E-state index is -0.828. The van der Waals surface area contributed by atoms with E-state index in [0.29, 0.717) is 23.7 Å². The van der Waals surface area contributed by atoms with E-state index in [-0.39, 0.29) is 11.6 Å². The fourth-order valence-corrected chi connectivity index (χ4v) is 2.57. The Bertz CT molecular complexity index is 744. The minimum Gasteiger partial charge on any atom is -0.496 e. The Balaban J connectivity index is 1.84. The number of ether oxygens (including phenoxy) is 2. The summed E-state index contributed by atoms with van der Waals surface area (Å²) in [5.74, 6) is -0.183. The second-order valence-electron chi connectivity index (χ2n) is 5.25. The van der Waals surface area contributed by atoms with Gasteiger partial charge in [0.05, 0.1) is 7.11 Å². The van der Waals surface area contributed by atoms with E-state index in [1.165, 1.54) is 19.3 Å². The van der Waals surface area contributed by atoms with Crippen molar-refractivity contribution in [3.63, 3.8) is 0 Å². The molecule has 0 unspecified atom stereocenters. The predicted octanol–water partition coefficient (Wildman–Crippen LogP) is 3.07. The van der Waals surface area contributed by atoms with E-state index in [1.54, 1.807) is 18.2 Å². The summed E-state index contributed by atoms with van der Waals surface area (Å²) >= 11 is 0. The quantitative estimate of drug-likeness (QED) is 0.797. The highest BCUT2D eigenvalue weighted by atomic mass is 16.5. The van der Waals surface area contributed by atoms with E-state index in [9.17, 15) is 9.59 Å². The molecule has 0 bridgehead atoms. The molecule has 23 heavy (non-hydrogen) atoms. The molecule has 0 atom stereocenters. The Morgan fingerprint density at radius 2 is 1.65 bits per heavy atom. The third kappa shape index (κ3) is 3.16. The Morgan fingerprint density at radius 3 is 2.30 bits per heavy atom. The molecule has 4 heteroatoms. The summed E-state index contributed by atoms with van der Waals surface area (Å²) in [5.41, 5.74) is 1.58. The van der Waals surface area contributed by atoms with Gasteiger partial charge in [0, 0.05) is 5.56 Å². The van der Waals surface area contributed by atoms with Crippen LogP contribution in [0.15, 0.2) is 60.7 Å². The van der Waals surface area contributed by atoms with Crippen molar-refractivity contribution in [2.45, 2.75) is 12.5 Å². The van der Waals surface area contributed by atoms with Crippen molar-refractivity contribution in [3.8, 4) is 11.5 Å². The van der Waals surface area contributed by atoms with E-state index in [4.69, 9.17) is 9.47 Å². The summed E-state index contributed by atoms with van der Waals surface area (Å²) in [7, 11) is 1.51. The van der Waals surface area contributed by atoms with Crippen molar-refractivity contribution in [1.29, 1.82) is 0 Å². The zero-order valence-corrected chi connectivity index (χ0v) is 12.7. The minimum absolute atomic E-state index is 0.228. The molecule has 1 aliphatic rings. The number of carbonyl (C=O) groups excluding carboxylic acids is 2. The molecule has 2 aromatic carbocycles. The van der Waals surface area contributed by atoms with Crippen LogP contribution in [0.3, 0.4) is 0 Å². The van der Waals surface area contributed by atoms with Crippen LogP contribution in [0.2, 0.25) is 0 Å². The summed E-state index contributed by atoms with van der Waals surface area (Å²) in [4.78, 5) is 23.9. The molecule has 0 aromatic heterocycles. The maximum atomic E-state index is 11.9. The monoisotopic (exact) mass is 308 g/mol. The molecule has 0 aliphatic heterocycles. The fraction of sp³-hybridized carbons (Fsp3) is 0.158. The fourth-order valence-electron chi connectivity index (χ4n) is 2.57. The van der Waals surface area contributed by atoms with Crippen molar-refractivity contribution >= 4 is 11.6 Å².